The first-order valence-corrected chi connectivity index (χ1v) is 17.2. The average Bonchev–Trinajstić information content (AvgIpc) is 3.11. The van der Waals surface area contributed by atoms with Gasteiger partial charge in [0, 0.05) is 0 Å². The minimum atomic E-state index is 1.00. The third kappa shape index (κ3) is 4.91. The largest absolute Gasteiger partial charge is 0.0984 e. The second-order valence-electron chi connectivity index (χ2n) is 12.3. The minimum absolute atomic E-state index is 1.00. The van der Waals surface area contributed by atoms with Gasteiger partial charge >= 0.3 is 0 Å². The number of rotatable bonds is 5. The zero-order valence-electron chi connectivity index (χ0n) is 26.0. The maximum Gasteiger partial charge on any atom is -0.00226 e. The molecule has 0 bridgehead atoms. The second-order valence-corrected chi connectivity index (χ2v) is 13.1. The quantitative estimate of drug-likeness (QED) is 0.171. The van der Waals surface area contributed by atoms with Crippen LogP contribution in [-0.4, -0.2) is 0 Å². The van der Waals surface area contributed by atoms with Crippen LogP contribution in [0.25, 0.3) is 61.5 Å². The number of hydrogen-bond acceptors (Lipinski definition) is 0. The standard InChI is InChI=1S/C45H35P/c1-3-36(37-20-6-4-13-30(37)2)32-16-10-18-34(27-32)44-40-22-8-9-23-41(40)45(43-29-46-26-25-42(43)44)35-19-11-17-33(28-35)39-24-12-15-31-14-5-7-21-38(31)39/h3-4,6-11,13,16-29H,1-2,5,12,14-15H2/b37-36+. The molecule has 2 aliphatic carbocycles. The lowest BCUT2D eigenvalue weighted by Gasteiger charge is -2.23. The van der Waals surface area contributed by atoms with Gasteiger partial charge in [0.25, 0.3) is 0 Å². The third-order valence-corrected chi connectivity index (χ3v) is 10.4. The highest BCUT2D eigenvalue weighted by Crippen LogP contribution is 2.46. The van der Waals surface area contributed by atoms with Gasteiger partial charge < -0.3 is 0 Å². The highest BCUT2D eigenvalue weighted by Gasteiger charge is 2.20. The lowest BCUT2D eigenvalue weighted by Crippen LogP contribution is -2.24. The molecule has 0 aliphatic heterocycles. The fourth-order valence-electron chi connectivity index (χ4n) is 7.52. The van der Waals surface area contributed by atoms with Crippen LogP contribution in [0.5, 0.6) is 0 Å². The topological polar surface area (TPSA) is 0 Å². The molecule has 5 aromatic carbocycles. The normalized spacial score (nSPS) is 15.3. The molecule has 0 spiro atoms. The Morgan fingerprint density at radius 1 is 0.674 bits per heavy atom. The van der Waals surface area contributed by atoms with E-state index in [4.69, 9.17) is 0 Å². The van der Waals surface area contributed by atoms with Crippen molar-refractivity contribution in [1.29, 1.82) is 0 Å². The Morgan fingerprint density at radius 3 is 2.20 bits per heavy atom. The molecule has 0 saturated heterocycles. The van der Waals surface area contributed by atoms with E-state index >= 15 is 0 Å². The van der Waals surface area contributed by atoms with Gasteiger partial charge in [-0.05, 0) is 138 Å². The summed E-state index contributed by atoms with van der Waals surface area (Å²) in [4.78, 5) is 0. The summed E-state index contributed by atoms with van der Waals surface area (Å²) in [6.45, 7) is 8.49. The molecule has 0 fully saturated rings. The molecule has 0 radical (unpaired) electrons. The number of hydrogen-bond donors (Lipinski definition) is 0. The van der Waals surface area contributed by atoms with Gasteiger partial charge in [-0.15, -0.1) is 0 Å². The van der Waals surface area contributed by atoms with E-state index in [0.29, 0.717) is 0 Å². The molecule has 46 heavy (non-hydrogen) atoms. The van der Waals surface area contributed by atoms with Crippen molar-refractivity contribution in [3.8, 4) is 22.3 Å². The fourth-order valence-corrected chi connectivity index (χ4v) is 8.26. The molecule has 2 aliphatic rings. The van der Waals surface area contributed by atoms with E-state index < -0.39 is 0 Å². The molecule has 1 heteroatoms. The monoisotopic (exact) mass is 606 g/mol. The Bertz CT molecular complexity index is 2340. The summed E-state index contributed by atoms with van der Waals surface area (Å²) in [5.41, 5.74) is 13.1. The fraction of sp³-hybridized carbons (Fsp3) is 0.0889. The van der Waals surface area contributed by atoms with E-state index in [1.165, 1.54) is 81.5 Å². The molecular formula is C45H35P. The number of allylic oxidation sites excluding steroid dienone is 7. The Morgan fingerprint density at radius 2 is 1.37 bits per heavy atom. The maximum atomic E-state index is 4.30. The van der Waals surface area contributed by atoms with Gasteiger partial charge in [0.15, 0.2) is 0 Å². The van der Waals surface area contributed by atoms with E-state index in [9.17, 15) is 0 Å². The Balaban J connectivity index is 1.35. The van der Waals surface area contributed by atoms with E-state index in [-0.39, 0.29) is 0 Å². The molecule has 0 saturated carbocycles. The summed E-state index contributed by atoms with van der Waals surface area (Å²) in [5, 5.41) is 7.27. The Hall–Kier alpha value is -5.03. The van der Waals surface area contributed by atoms with Crippen molar-refractivity contribution in [2.45, 2.75) is 25.7 Å². The van der Waals surface area contributed by atoms with Gasteiger partial charge in [-0.2, -0.15) is 0 Å². The van der Waals surface area contributed by atoms with Gasteiger partial charge in [-0.25, -0.2) is 0 Å². The molecule has 0 N–H and O–H groups in total. The first-order valence-electron chi connectivity index (χ1n) is 16.2. The predicted molar refractivity (Wildman–Crippen MR) is 201 cm³/mol. The average molecular weight is 607 g/mol. The second kappa shape index (κ2) is 12.1. The minimum Gasteiger partial charge on any atom is -0.0984 e. The molecule has 0 unspecified atom stereocenters. The summed E-state index contributed by atoms with van der Waals surface area (Å²) < 4.78 is 0. The molecule has 8 rings (SSSR count). The highest BCUT2D eigenvalue weighted by molar-refractivity contribution is 7.28. The first kappa shape index (κ1) is 28.4. The molecular weight excluding hydrogens is 571 g/mol. The van der Waals surface area contributed by atoms with Gasteiger partial charge in [0.2, 0.25) is 0 Å². The van der Waals surface area contributed by atoms with Crippen molar-refractivity contribution in [3.05, 3.63) is 178 Å². The summed E-state index contributed by atoms with van der Waals surface area (Å²) in [5.74, 6) is 4.66. The number of benzene rings is 5. The van der Waals surface area contributed by atoms with Crippen LogP contribution in [0, 0.1) is 0 Å². The smallest absolute Gasteiger partial charge is 0.00226 e. The maximum absolute atomic E-state index is 4.30. The van der Waals surface area contributed by atoms with Crippen LogP contribution in [0.2, 0.25) is 0 Å². The van der Waals surface area contributed by atoms with Crippen molar-refractivity contribution < 1.29 is 0 Å². The zero-order chi connectivity index (χ0) is 31.0. The molecule has 0 nitrogen and oxygen atoms in total. The van der Waals surface area contributed by atoms with Crippen molar-refractivity contribution in [2.24, 2.45) is 0 Å². The van der Waals surface area contributed by atoms with Crippen molar-refractivity contribution >= 4 is 47.5 Å². The lowest BCUT2D eigenvalue weighted by atomic mass is 9.81. The van der Waals surface area contributed by atoms with Crippen molar-refractivity contribution in [3.63, 3.8) is 0 Å². The van der Waals surface area contributed by atoms with Crippen molar-refractivity contribution in [1.82, 2.24) is 0 Å². The van der Waals surface area contributed by atoms with E-state index in [1.54, 1.807) is 5.57 Å². The van der Waals surface area contributed by atoms with Gasteiger partial charge in [0.1, 0.15) is 0 Å². The van der Waals surface area contributed by atoms with E-state index in [0.717, 1.165) is 34.4 Å². The van der Waals surface area contributed by atoms with E-state index in [2.05, 4.69) is 140 Å². The van der Waals surface area contributed by atoms with Crippen LogP contribution in [-0.2, 0) is 0 Å². The van der Waals surface area contributed by atoms with Crippen molar-refractivity contribution in [2.75, 3.05) is 0 Å². The van der Waals surface area contributed by atoms with Gasteiger partial charge in [0.05, 0.1) is 0 Å². The molecule has 6 aromatic rings. The molecule has 220 valence electrons. The highest BCUT2D eigenvalue weighted by atomic mass is 31.0. The van der Waals surface area contributed by atoms with Crippen LogP contribution in [0.15, 0.2) is 157 Å². The van der Waals surface area contributed by atoms with E-state index in [1.807, 2.05) is 12.1 Å². The number of fused-ring (bicyclic) bond motifs is 2. The summed E-state index contributed by atoms with van der Waals surface area (Å²) in [7, 11) is 1.21. The summed E-state index contributed by atoms with van der Waals surface area (Å²) in [6, 6.07) is 37.8. The molecule has 1 heterocycles. The lowest BCUT2D eigenvalue weighted by molar-refractivity contribution is 0.834. The van der Waals surface area contributed by atoms with Crippen LogP contribution in [0.4, 0.5) is 0 Å². The van der Waals surface area contributed by atoms with Crippen LogP contribution in [0.3, 0.4) is 0 Å². The Kier molecular flexibility index (Phi) is 7.45. The van der Waals surface area contributed by atoms with Crippen LogP contribution in [0.1, 0.15) is 36.8 Å². The summed E-state index contributed by atoms with van der Waals surface area (Å²) >= 11 is 0. The third-order valence-electron chi connectivity index (χ3n) is 9.62. The molecule has 0 atom stereocenters. The van der Waals surface area contributed by atoms with Crippen LogP contribution >= 0.6 is 8.19 Å². The Labute approximate surface area is 272 Å². The van der Waals surface area contributed by atoms with Gasteiger partial charge in [-0.1, -0.05) is 136 Å². The van der Waals surface area contributed by atoms with Gasteiger partial charge in [-0.3, -0.25) is 0 Å². The SMILES string of the molecule is C=C/C(c1cccc(-c2c3ccccc3c(-c3cccc(C4=CCCC5=C4C=CCC5)c3)c3cpccc23)c1)=c1/ccccc1=C. The predicted octanol–water partition coefficient (Wildman–Crippen LogP) is 11.5. The molecule has 0 amide bonds. The first-order chi connectivity index (χ1) is 22.7. The van der Waals surface area contributed by atoms with Crippen LogP contribution < -0.4 is 10.4 Å². The molecule has 1 aromatic heterocycles. The zero-order valence-corrected chi connectivity index (χ0v) is 26.9. The summed E-state index contributed by atoms with van der Waals surface area (Å²) in [6.07, 6.45) is 13.8.